The van der Waals surface area contributed by atoms with Crippen molar-refractivity contribution in [3.63, 3.8) is 0 Å². The molecule has 0 heterocycles. The molecular formula is C5H8IO3. The van der Waals surface area contributed by atoms with Gasteiger partial charge in [-0.25, -0.2) is 0 Å². The van der Waals surface area contributed by atoms with Crippen molar-refractivity contribution in [2.45, 2.75) is 19.4 Å². The Morgan fingerprint density at radius 3 is 2.22 bits per heavy atom. The van der Waals surface area contributed by atoms with Gasteiger partial charge in [0, 0.05) is 4.43 Å². The van der Waals surface area contributed by atoms with Gasteiger partial charge < -0.3 is 4.74 Å². The predicted octanol–water partition coefficient (Wildman–Crippen LogP) is 1.77. The minimum Gasteiger partial charge on any atom is -0.425 e. The summed E-state index contributed by atoms with van der Waals surface area (Å²) in [6.07, 6.45) is -1.46. The number of hydrogen-bond acceptors (Lipinski definition) is 2. The van der Waals surface area contributed by atoms with Crippen LogP contribution >= 0.6 is 22.6 Å². The van der Waals surface area contributed by atoms with Crippen molar-refractivity contribution in [2.24, 2.45) is 0 Å². The number of rotatable bonds is 2. The first-order valence-electron chi connectivity index (χ1n) is 2.44. The van der Waals surface area contributed by atoms with Gasteiger partial charge in [-0.05, 0) is 13.8 Å². The van der Waals surface area contributed by atoms with E-state index < -0.39 is 11.8 Å². The fourth-order valence-electron chi connectivity index (χ4n) is 0.253. The first-order valence-corrected chi connectivity index (χ1v) is 3.96. The van der Waals surface area contributed by atoms with Gasteiger partial charge in [0.15, 0.2) is 0 Å². The van der Waals surface area contributed by atoms with Crippen molar-refractivity contribution < 1.29 is 14.6 Å². The quantitative estimate of drug-likeness (QED) is 0.421. The van der Waals surface area contributed by atoms with Gasteiger partial charge in [-0.1, -0.05) is 22.6 Å². The number of alkyl halides is 1. The van der Waals surface area contributed by atoms with E-state index in [1.807, 2.05) is 22.6 Å². The zero-order chi connectivity index (χ0) is 7.49. The van der Waals surface area contributed by atoms with Gasteiger partial charge in [0.1, 0.15) is 5.60 Å². The third kappa shape index (κ3) is 4.50. The first kappa shape index (κ1) is 9.00. The highest BCUT2D eigenvalue weighted by Crippen LogP contribution is 2.12. The number of carbonyl (C=O) groups is 1. The van der Waals surface area contributed by atoms with Crippen molar-refractivity contribution in [1.29, 1.82) is 0 Å². The Bertz CT molecular complexity index is 111. The summed E-state index contributed by atoms with van der Waals surface area (Å²) in [4.78, 5) is 9.84. The molecule has 9 heavy (non-hydrogen) atoms. The van der Waals surface area contributed by atoms with Crippen LogP contribution in [0.1, 0.15) is 13.8 Å². The average molecular weight is 243 g/mol. The van der Waals surface area contributed by atoms with E-state index in [2.05, 4.69) is 4.74 Å². The summed E-state index contributed by atoms with van der Waals surface area (Å²) < 4.78 is 5.01. The lowest BCUT2D eigenvalue weighted by Gasteiger charge is -2.18. The third-order valence-corrected chi connectivity index (χ3v) is 2.52. The highest BCUT2D eigenvalue weighted by atomic mass is 127. The molecule has 53 valence electrons. The van der Waals surface area contributed by atoms with E-state index in [1.165, 1.54) is 0 Å². The zero-order valence-corrected chi connectivity index (χ0v) is 7.47. The molecule has 0 amide bonds. The molecule has 0 atom stereocenters. The topological polar surface area (TPSA) is 46.2 Å². The van der Waals surface area contributed by atoms with E-state index in [1.54, 1.807) is 13.8 Å². The van der Waals surface area contributed by atoms with Crippen LogP contribution in [0.2, 0.25) is 0 Å². The molecular weight excluding hydrogens is 235 g/mol. The molecule has 0 aromatic carbocycles. The first-order chi connectivity index (χ1) is 3.98. The lowest BCUT2D eigenvalue weighted by atomic mass is 10.2. The Kier molecular flexibility index (Phi) is 3.24. The second kappa shape index (κ2) is 3.24. The lowest BCUT2D eigenvalue weighted by molar-refractivity contribution is 0.00282. The summed E-state index contributed by atoms with van der Waals surface area (Å²) in [5, 5.41) is 9.84. The lowest BCUT2D eigenvalue weighted by Crippen LogP contribution is -2.28. The van der Waals surface area contributed by atoms with E-state index in [0.29, 0.717) is 4.43 Å². The summed E-state index contributed by atoms with van der Waals surface area (Å²) in [5.74, 6) is 0. The Morgan fingerprint density at radius 2 is 2.11 bits per heavy atom. The van der Waals surface area contributed by atoms with Crippen LogP contribution in [0.3, 0.4) is 0 Å². The molecule has 3 nitrogen and oxygen atoms in total. The van der Waals surface area contributed by atoms with E-state index in [-0.39, 0.29) is 0 Å². The van der Waals surface area contributed by atoms with E-state index >= 15 is 0 Å². The Morgan fingerprint density at radius 1 is 1.67 bits per heavy atom. The number of carbonyl (C=O) groups excluding carboxylic acids is 1. The van der Waals surface area contributed by atoms with Crippen LogP contribution in [0.5, 0.6) is 0 Å². The highest BCUT2D eigenvalue weighted by molar-refractivity contribution is 14.1. The molecule has 0 N–H and O–H groups in total. The number of hydrogen-bond donors (Lipinski definition) is 0. The van der Waals surface area contributed by atoms with Gasteiger partial charge in [-0.2, -0.15) is 9.90 Å². The highest BCUT2D eigenvalue weighted by Gasteiger charge is 2.21. The third-order valence-electron chi connectivity index (χ3n) is 0.681. The second-order valence-corrected chi connectivity index (χ2v) is 3.01. The smallest absolute Gasteiger partial charge is 0.425 e. The molecule has 0 fully saturated rings. The fourth-order valence-corrected chi connectivity index (χ4v) is 0.409. The van der Waals surface area contributed by atoms with E-state index in [0.717, 1.165) is 0 Å². The van der Waals surface area contributed by atoms with Gasteiger partial charge in [-0.15, -0.1) is 0 Å². The van der Waals surface area contributed by atoms with Crippen LogP contribution < -0.4 is 0 Å². The fraction of sp³-hybridized carbons (Fsp3) is 0.800. The molecule has 0 saturated heterocycles. The van der Waals surface area contributed by atoms with Crippen LogP contribution in [0.15, 0.2) is 0 Å². The molecule has 0 saturated carbocycles. The second-order valence-electron chi connectivity index (χ2n) is 2.25. The summed E-state index contributed by atoms with van der Waals surface area (Å²) in [7, 11) is 0. The molecule has 0 bridgehead atoms. The predicted molar refractivity (Wildman–Crippen MR) is 40.1 cm³/mol. The summed E-state index contributed by atoms with van der Waals surface area (Å²) >= 11 is 2.05. The number of ether oxygens (including phenoxy) is 1. The van der Waals surface area contributed by atoms with Gasteiger partial charge in [0.25, 0.3) is 0 Å². The zero-order valence-electron chi connectivity index (χ0n) is 5.31. The molecule has 0 spiro atoms. The van der Waals surface area contributed by atoms with E-state index in [4.69, 9.17) is 0 Å². The monoisotopic (exact) mass is 243 g/mol. The maximum atomic E-state index is 9.84. The normalized spacial score (nSPS) is 11.0. The average Bonchev–Trinajstić information content (AvgIpc) is 1.63. The maximum absolute atomic E-state index is 9.84. The number of halogens is 1. The molecule has 0 aliphatic rings. The van der Waals surface area contributed by atoms with Crippen molar-refractivity contribution >= 4 is 28.7 Å². The van der Waals surface area contributed by atoms with Gasteiger partial charge in [0.05, 0.1) is 0 Å². The summed E-state index contributed by atoms with van der Waals surface area (Å²) in [6, 6.07) is 0. The SMILES string of the molecule is CC(C)(CI)OC([O])=O. The largest absolute Gasteiger partial charge is 0.550 e. The molecule has 1 radical (unpaired) electrons. The van der Waals surface area contributed by atoms with Crippen molar-refractivity contribution in [2.75, 3.05) is 4.43 Å². The molecule has 0 aromatic rings. The molecule has 0 aromatic heterocycles. The summed E-state index contributed by atoms with van der Waals surface area (Å²) in [5.41, 5.74) is -0.612. The van der Waals surface area contributed by atoms with Crippen LogP contribution in [0, 0.1) is 0 Å². The standard InChI is InChI=1S/C5H8IO3/c1-5(2,3-6)9-4(7)8/h3H2,1-2H3. The minimum absolute atomic E-state index is 0.612. The van der Waals surface area contributed by atoms with Gasteiger partial charge >= 0.3 is 6.16 Å². The Balaban J connectivity index is 3.71. The minimum atomic E-state index is -1.46. The Hall–Kier alpha value is 0. The van der Waals surface area contributed by atoms with Crippen molar-refractivity contribution in [3.05, 3.63) is 0 Å². The van der Waals surface area contributed by atoms with Crippen LogP contribution in [0.4, 0.5) is 4.79 Å². The van der Waals surface area contributed by atoms with E-state index in [9.17, 15) is 9.90 Å². The van der Waals surface area contributed by atoms with Crippen molar-refractivity contribution in [3.8, 4) is 0 Å². The molecule has 4 heteroatoms. The molecule has 0 unspecified atom stereocenters. The van der Waals surface area contributed by atoms with Crippen LogP contribution in [0.25, 0.3) is 0 Å². The van der Waals surface area contributed by atoms with Gasteiger partial charge in [0.2, 0.25) is 0 Å². The maximum Gasteiger partial charge on any atom is 0.550 e. The van der Waals surface area contributed by atoms with Gasteiger partial charge in [-0.3, -0.25) is 0 Å². The molecule has 0 aliphatic heterocycles. The molecule has 0 aliphatic carbocycles. The van der Waals surface area contributed by atoms with Crippen LogP contribution in [-0.4, -0.2) is 16.2 Å². The van der Waals surface area contributed by atoms with Crippen LogP contribution in [-0.2, 0) is 9.84 Å². The Labute approximate surface area is 67.5 Å². The summed E-state index contributed by atoms with van der Waals surface area (Å²) in [6.45, 7) is 3.38. The van der Waals surface area contributed by atoms with Crippen molar-refractivity contribution in [1.82, 2.24) is 0 Å². The molecule has 0 rings (SSSR count).